The third kappa shape index (κ3) is 1.68. The monoisotopic (exact) mass is 226 g/mol. The molecule has 1 aromatic heterocycles. The van der Waals surface area contributed by atoms with Gasteiger partial charge in [-0.15, -0.1) is 0 Å². The fourth-order valence-corrected chi connectivity index (χ4v) is 2.50. The van der Waals surface area contributed by atoms with Crippen molar-refractivity contribution >= 4 is 6.29 Å². The van der Waals surface area contributed by atoms with Crippen LogP contribution < -0.4 is 0 Å². The first kappa shape index (κ1) is 10.3. The molecule has 0 atom stereocenters. The van der Waals surface area contributed by atoms with Crippen molar-refractivity contribution in [2.75, 3.05) is 0 Å². The molecule has 0 N–H and O–H groups in total. The molecule has 0 saturated heterocycles. The fourth-order valence-electron chi connectivity index (χ4n) is 2.50. The third-order valence-electron chi connectivity index (χ3n) is 3.32. The van der Waals surface area contributed by atoms with Crippen LogP contribution in [0.3, 0.4) is 0 Å². The number of hydrogen-bond acceptors (Lipinski definition) is 2. The van der Waals surface area contributed by atoms with Gasteiger partial charge in [0.15, 0.2) is 6.29 Å². The molecule has 3 heteroatoms. The summed E-state index contributed by atoms with van der Waals surface area (Å²) < 4.78 is 1.93. The van der Waals surface area contributed by atoms with Gasteiger partial charge in [-0.3, -0.25) is 4.79 Å². The van der Waals surface area contributed by atoms with E-state index in [1.807, 2.05) is 35.0 Å². The average Bonchev–Trinajstić information content (AvgIpc) is 2.78. The zero-order chi connectivity index (χ0) is 11.7. The number of aldehydes is 1. The first-order valence-corrected chi connectivity index (χ1v) is 6.01. The Morgan fingerprint density at radius 2 is 1.88 bits per heavy atom. The van der Waals surface area contributed by atoms with Crippen molar-refractivity contribution in [1.29, 1.82) is 0 Å². The molecule has 0 saturated carbocycles. The van der Waals surface area contributed by atoms with Crippen molar-refractivity contribution in [3.63, 3.8) is 0 Å². The fraction of sp³-hybridized carbons (Fsp3) is 0.286. The number of fused-ring (bicyclic) bond motifs is 1. The van der Waals surface area contributed by atoms with Crippen molar-refractivity contribution in [2.24, 2.45) is 0 Å². The summed E-state index contributed by atoms with van der Waals surface area (Å²) in [5.41, 5.74) is 4.02. The Morgan fingerprint density at radius 3 is 2.65 bits per heavy atom. The minimum absolute atomic E-state index is 0.614. The smallest absolute Gasteiger partial charge is 0.170 e. The molecule has 0 amide bonds. The molecule has 0 radical (unpaired) electrons. The highest BCUT2D eigenvalue weighted by Gasteiger charge is 2.20. The highest BCUT2D eigenvalue weighted by atomic mass is 16.1. The van der Waals surface area contributed by atoms with E-state index in [1.165, 1.54) is 12.1 Å². The van der Waals surface area contributed by atoms with Crippen LogP contribution >= 0.6 is 0 Å². The van der Waals surface area contributed by atoms with Gasteiger partial charge in [-0.2, -0.15) is 5.10 Å². The van der Waals surface area contributed by atoms with E-state index in [-0.39, 0.29) is 0 Å². The Bertz CT molecular complexity index is 543. The Balaban J connectivity index is 2.17. The third-order valence-corrected chi connectivity index (χ3v) is 3.32. The molecule has 1 aromatic carbocycles. The van der Waals surface area contributed by atoms with Gasteiger partial charge in [-0.05, 0) is 37.8 Å². The largest absolute Gasteiger partial charge is 0.296 e. The normalized spacial score (nSPS) is 14.4. The van der Waals surface area contributed by atoms with Crippen molar-refractivity contribution in [1.82, 2.24) is 9.78 Å². The topological polar surface area (TPSA) is 34.9 Å². The van der Waals surface area contributed by atoms with E-state index in [4.69, 9.17) is 0 Å². The molecular weight excluding hydrogens is 212 g/mol. The van der Waals surface area contributed by atoms with Crippen LogP contribution in [-0.2, 0) is 12.8 Å². The van der Waals surface area contributed by atoms with Gasteiger partial charge >= 0.3 is 0 Å². The van der Waals surface area contributed by atoms with Gasteiger partial charge in [0.1, 0.15) is 5.69 Å². The minimum Gasteiger partial charge on any atom is -0.296 e. The highest BCUT2D eigenvalue weighted by molar-refractivity contribution is 5.75. The van der Waals surface area contributed by atoms with E-state index in [9.17, 15) is 4.79 Å². The Kier molecular flexibility index (Phi) is 2.52. The number of rotatable bonds is 2. The van der Waals surface area contributed by atoms with Crippen LogP contribution in [0.5, 0.6) is 0 Å². The van der Waals surface area contributed by atoms with Gasteiger partial charge in [0.05, 0.1) is 5.69 Å². The van der Waals surface area contributed by atoms with E-state index in [0.717, 1.165) is 36.8 Å². The number of carbonyl (C=O) groups excluding carboxylic acids is 1. The lowest BCUT2D eigenvalue weighted by atomic mass is 9.96. The second-order valence-corrected chi connectivity index (χ2v) is 4.38. The molecule has 0 bridgehead atoms. The average molecular weight is 226 g/mol. The number of nitrogens with zero attached hydrogens (tertiary/aromatic N) is 2. The van der Waals surface area contributed by atoms with E-state index in [2.05, 4.69) is 5.10 Å². The van der Waals surface area contributed by atoms with E-state index in [0.29, 0.717) is 5.69 Å². The van der Waals surface area contributed by atoms with Crippen LogP contribution in [0.4, 0.5) is 0 Å². The van der Waals surface area contributed by atoms with Gasteiger partial charge in [0.2, 0.25) is 0 Å². The van der Waals surface area contributed by atoms with Gasteiger partial charge in [0.25, 0.3) is 0 Å². The zero-order valence-electron chi connectivity index (χ0n) is 9.60. The number of aromatic nitrogens is 2. The summed E-state index contributed by atoms with van der Waals surface area (Å²) in [7, 11) is 0. The lowest BCUT2D eigenvalue weighted by molar-refractivity contribution is 0.111. The molecule has 1 aliphatic carbocycles. The van der Waals surface area contributed by atoms with Crippen LogP contribution in [-0.4, -0.2) is 16.1 Å². The standard InChI is InChI=1S/C14H14N2O/c17-10-13-12-8-4-5-9-14(12)16(15-13)11-6-2-1-3-7-11/h1-3,6-7,10H,4-5,8-9H2. The Labute approximate surface area is 100 Å². The maximum absolute atomic E-state index is 11.0. The maximum Gasteiger partial charge on any atom is 0.170 e. The summed E-state index contributed by atoms with van der Waals surface area (Å²) in [5.74, 6) is 0. The highest BCUT2D eigenvalue weighted by Crippen LogP contribution is 2.25. The quantitative estimate of drug-likeness (QED) is 0.738. The Morgan fingerprint density at radius 1 is 1.12 bits per heavy atom. The number of benzene rings is 1. The molecule has 1 aliphatic rings. The van der Waals surface area contributed by atoms with Crippen LogP contribution in [0.1, 0.15) is 34.6 Å². The molecule has 86 valence electrons. The summed E-state index contributed by atoms with van der Waals surface area (Å²) in [5, 5.41) is 4.43. The summed E-state index contributed by atoms with van der Waals surface area (Å²) in [6, 6.07) is 10.0. The summed E-state index contributed by atoms with van der Waals surface area (Å²) in [6.07, 6.45) is 5.23. The predicted octanol–water partition coefficient (Wildman–Crippen LogP) is 2.56. The van der Waals surface area contributed by atoms with Gasteiger partial charge in [-0.25, -0.2) is 4.68 Å². The Hall–Kier alpha value is -1.90. The molecule has 0 unspecified atom stereocenters. The number of hydrogen-bond donors (Lipinski definition) is 0. The van der Waals surface area contributed by atoms with Crippen molar-refractivity contribution in [3.8, 4) is 5.69 Å². The second-order valence-electron chi connectivity index (χ2n) is 4.38. The molecule has 0 aliphatic heterocycles. The first-order valence-electron chi connectivity index (χ1n) is 6.01. The van der Waals surface area contributed by atoms with Crippen LogP contribution in [0.15, 0.2) is 30.3 Å². The van der Waals surface area contributed by atoms with Crippen LogP contribution in [0.2, 0.25) is 0 Å². The van der Waals surface area contributed by atoms with Crippen molar-refractivity contribution < 1.29 is 4.79 Å². The minimum atomic E-state index is 0.614. The van der Waals surface area contributed by atoms with Gasteiger partial charge in [0, 0.05) is 11.3 Å². The SMILES string of the molecule is O=Cc1nn(-c2ccccc2)c2c1CCCC2. The van der Waals surface area contributed by atoms with Crippen LogP contribution in [0.25, 0.3) is 5.69 Å². The van der Waals surface area contributed by atoms with E-state index < -0.39 is 0 Å². The number of carbonyl (C=O) groups is 1. The molecular formula is C14H14N2O. The summed E-state index contributed by atoms with van der Waals surface area (Å²) >= 11 is 0. The molecule has 1 heterocycles. The maximum atomic E-state index is 11.0. The zero-order valence-corrected chi connectivity index (χ0v) is 9.60. The molecule has 0 fully saturated rings. The van der Waals surface area contributed by atoms with Crippen molar-refractivity contribution in [3.05, 3.63) is 47.3 Å². The number of para-hydroxylation sites is 1. The van der Waals surface area contributed by atoms with E-state index >= 15 is 0 Å². The molecule has 0 spiro atoms. The predicted molar refractivity (Wildman–Crippen MR) is 65.6 cm³/mol. The molecule has 3 nitrogen and oxygen atoms in total. The lowest BCUT2D eigenvalue weighted by Gasteiger charge is -2.13. The summed E-state index contributed by atoms with van der Waals surface area (Å²) in [4.78, 5) is 11.0. The summed E-state index contributed by atoms with van der Waals surface area (Å²) in [6.45, 7) is 0. The molecule has 17 heavy (non-hydrogen) atoms. The molecule has 2 aromatic rings. The van der Waals surface area contributed by atoms with Gasteiger partial charge in [-0.1, -0.05) is 18.2 Å². The van der Waals surface area contributed by atoms with Crippen LogP contribution in [0, 0.1) is 0 Å². The first-order chi connectivity index (χ1) is 8.40. The van der Waals surface area contributed by atoms with E-state index in [1.54, 1.807) is 0 Å². The van der Waals surface area contributed by atoms with Crippen molar-refractivity contribution in [2.45, 2.75) is 25.7 Å². The second kappa shape index (κ2) is 4.17. The lowest BCUT2D eigenvalue weighted by Crippen LogP contribution is -2.07. The molecule has 3 rings (SSSR count). The van der Waals surface area contributed by atoms with Gasteiger partial charge < -0.3 is 0 Å².